The van der Waals surface area contributed by atoms with Gasteiger partial charge < -0.3 is 5.32 Å². The first-order chi connectivity index (χ1) is 11.8. The van der Waals surface area contributed by atoms with Crippen LogP contribution in [0, 0.1) is 6.92 Å². The third-order valence-corrected chi connectivity index (χ3v) is 4.62. The second-order valence-corrected chi connectivity index (χ2v) is 6.22. The molecule has 0 aliphatic carbocycles. The molecule has 6 heteroatoms. The Balaban J connectivity index is 0.00000182. The molecule has 0 bridgehead atoms. The summed E-state index contributed by atoms with van der Waals surface area (Å²) in [5, 5.41) is 3.49. The number of benzene rings is 1. The number of hydrogen-bond donors (Lipinski definition) is 1. The first kappa shape index (κ1) is 17.7. The Bertz CT molecular complexity index is 840. The van der Waals surface area contributed by atoms with E-state index in [0.29, 0.717) is 6.04 Å². The van der Waals surface area contributed by atoms with Crippen molar-refractivity contribution in [3.05, 3.63) is 65.7 Å². The van der Waals surface area contributed by atoms with Crippen LogP contribution in [-0.4, -0.2) is 39.5 Å². The fourth-order valence-electron chi connectivity index (χ4n) is 3.30. The van der Waals surface area contributed by atoms with E-state index in [1.165, 1.54) is 5.56 Å². The van der Waals surface area contributed by atoms with Crippen molar-refractivity contribution in [2.24, 2.45) is 0 Å². The van der Waals surface area contributed by atoms with E-state index in [2.05, 4.69) is 28.2 Å². The SMILES string of the molecule is Cc1nc2ccccc2nc1CN1CCNCC1c1cccnc1.Cl. The molecule has 1 aliphatic heterocycles. The van der Waals surface area contributed by atoms with Crippen LogP contribution in [0.3, 0.4) is 0 Å². The lowest BCUT2D eigenvalue weighted by atomic mass is 10.0. The van der Waals surface area contributed by atoms with Gasteiger partial charge in [-0.05, 0) is 30.7 Å². The van der Waals surface area contributed by atoms with Crippen LogP contribution in [0.1, 0.15) is 23.0 Å². The molecule has 0 amide bonds. The summed E-state index contributed by atoms with van der Waals surface area (Å²) in [5.74, 6) is 0. The summed E-state index contributed by atoms with van der Waals surface area (Å²) in [7, 11) is 0. The number of hydrogen-bond acceptors (Lipinski definition) is 5. The van der Waals surface area contributed by atoms with Crippen LogP contribution in [0.4, 0.5) is 0 Å². The Labute approximate surface area is 153 Å². The zero-order valence-corrected chi connectivity index (χ0v) is 15.0. The predicted molar refractivity (Wildman–Crippen MR) is 102 cm³/mol. The van der Waals surface area contributed by atoms with Crippen LogP contribution >= 0.6 is 12.4 Å². The van der Waals surface area contributed by atoms with E-state index in [4.69, 9.17) is 9.97 Å². The number of halogens is 1. The summed E-state index contributed by atoms with van der Waals surface area (Å²) >= 11 is 0. The second-order valence-electron chi connectivity index (χ2n) is 6.22. The van der Waals surface area contributed by atoms with Gasteiger partial charge in [0, 0.05) is 44.6 Å². The molecule has 1 unspecified atom stereocenters. The van der Waals surface area contributed by atoms with Gasteiger partial charge in [0.25, 0.3) is 0 Å². The number of para-hydroxylation sites is 2. The van der Waals surface area contributed by atoms with E-state index in [9.17, 15) is 0 Å². The fourth-order valence-corrected chi connectivity index (χ4v) is 3.30. The standard InChI is InChI=1S/C19H21N5.ClH/c1-14-18(23-17-7-3-2-6-16(17)22-14)13-24-10-9-21-12-19(24)15-5-4-8-20-11-15;/h2-8,11,19,21H,9-10,12-13H2,1H3;1H. The number of rotatable bonds is 3. The molecule has 1 atom stereocenters. The summed E-state index contributed by atoms with van der Waals surface area (Å²) in [6, 6.07) is 12.5. The lowest BCUT2D eigenvalue weighted by molar-refractivity contribution is 0.151. The summed E-state index contributed by atoms with van der Waals surface area (Å²) in [4.78, 5) is 16.3. The maximum absolute atomic E-state index is 4.86. The lowest BCUT2D eigenvalue weighted by Gasteiger charge is -2.36. The van der Waals surface area contributed by atoms with Gasteiger partial charge in [0.05, 0.1) is 22.4 Å². The maximum Gasteiger partial charge on any atom is 0.0890 e. The Morgan fingerprint density at radius 1 is 1.12 bits per heavy atom. The van der Waals surface area contributed by atoms with E-state index in [1.54, 1.807) is 0 Å². The second kappa shape index (κ2) is 7.87. The number of aromatic nitrogens is 3. The maximum atomic E-state index is 4.86. The molecule has 3 aromatic rings. The van der Waals surface area contributed by atoms with E-state index in [1.807, 2.05) is 42.7 Å². The van der Waals surface area contributed by atoms with E-state index >= 15 is 0 Å². The van der Waals surface area contributed by atoms with Crippen molar-refractivity contribution < 1.29 is 0 Å². The Kier molecular flexibility index (Phi) is 5.58. The molecule has 2 aromatic heterocycles. The molecule has 0 radical (unpaired) electrons. The van der Waals surface area contributed by atoms with Gasteiger partial charge >= 0.3 is 0 Å². The van der Waals surface area contributed by atoms with E-state index in [0.717, 1.165) is 48.6 Å². The van der Waals surface area contributed by atoms with Gasteiger partial charge in [-0.3, -0.25) is 9.88 Å². The first-order valence-corrected chi connectivity index (χ1v) is 8.38. The number of piperazine rings is 1. The third kappa shape index (κ3) is 3.79. The normalized spacial score (nSPS) is 18.0. The number of nitrogens with zero attached hydrogens (tertiary/aromatic N) is 4. The van der Waals surface area contributed by atoms with Crippen molar-refractivity contribution in [2.75, 3.05) is 19.6 Å². The highest BCUT2D eigenvalue weighted by Crippen LogP contribution is 2.24. The van der Waals surface area contributed by atoms with Crippen LogP contribution in [0.2, 0.25) is 0 Å². The molecule has 25 heavy (non-hydrogen) atoms. The molecular weight excluding hydrogens is 334 g/mol. The molecule has 5 nitrogen and oxygen atoms in total. The van der Waals surface area contributed by atoms with Crippen LogP contribution in [0.5, 0.6) is 0 Å². The van der Waals surface area contributed by atoms with Gasteiger partial charge in [0.1, 0.15) is 0 Å². The average molecular weight is 356 g/mol. The number of pyridine rings is 1. The van der Waals surface area contributed by atoms with Crippen LogP contribution in [0.15, 0.2) is 48.8 Å². The molecule has 1 saturated heterocycles. The highest BCUT2D eigenvalue weighted by atomic mass is 35.5. The van der Waals surface area contributed by atoms with Gasteiger partial charge in [-0.25, -0.2) is 9.97 Å². The average Bonchev–Trinajstić information content (AvgIpc) is 2.63. The van der Waals surface area contributed by atoms with Crippen molar-refractivity contribution in [3.8, 4) is 0 Å². The molecule has 4 rings (SSSR count). The third-order valence-electron chi connectivity index (χ3n) is 4.62. The first-order valence-electron chi connectivity index (χ1n) is 8.38. The minimum atomic E-state index is 0. The fraction of sp³-hybridized carbons (Fsp3) is 0.316. The zero-order chi connectivity index (χ0) is 16.4. The molecule has 0 saturated carbocycles. The predicted octanol–water partition coefficient (Wildman–Crippen LogP) is 2.90. The number of nitrogens with one attached hydrogen (secondary N) is 1. The Morgan fingerprint density at radius 2 is 1.92 bits per heavy atom. The Morgan fingerprint density at radius 3 is 2.68 bits per heavy atom. The molecule has 1 aliphatic rings. The van der Waals surface area contributed by atoms with Crippen molar-refractivity contribution in [3.63, 3.8) is 0 Å². The minimum Gasteiger partial charge on any atom is -0.314 e. The van der Waals surface area contributed by atoms with Gasteiger partial charge in [0.15, 0.2) is 0 Å². The summed E-state index contributed by atoms with van der Waals surface area (Å²) in [6.07, 6.45) is 3.78. The van der Waals surface area contributed by atoms with Crippen LogP contribution < -0.4 is 5.32 Å². The monoisotopic (exact) mass is 355 g/mol. The van der Waals surface area contributed by atoms with Crippen molar-refractivity contribution in [1.82, 2.24) is 25.2 Å². The highest BCUT2D eigenvalue weighted by Gasteiger charge is 2.25. The molecule has 1 N–H and O–H groups in total. The minimum absolute atomic E-state index is 0. The molecular formula is C19H22ClN5. The molecule has 1 aromatic carbocycles. The quantitative estimate of drug-likeness (QED) is 0.783. The summed E-state index contributed by atoms with van der Waals surface area (Å²) < 4.78 is 0. The molecule has 1 fully saturated rings. The molecule has 3 heterocycles. The van der Waals surface area contributed by atoms with Gasteiger partial charge in [0.2, 0.25) is 0 Å². The zero-order valence-electron chi connectivity index (χ0n) is 14.2. The van der Waals surface area contributed by atoms with Gasteiger partial charge in [-0.1, -0.05) is 18.2 Å². The van der Waals surface area contributed by atoms with Crippen molar-refractivity contribution in [2.45, 2.75) is 19.5 Å². The molecule has 130 valence electrons. The summed E-state index contributed by atoms with van der Waals surface area (Å²) in [5.41, 5.74) is 5.24. The van der Waals surface area contributed by atoms with Crippen LogP contribution in [0.25, 0.3) is 11.0 Å². The van der Waals surface area contributed by atoms with Crippen LogP contribution in [-0.2, 0) is 6.54 Å². The highest BCUT2D eigenvalue weighted by molar-refractivity contribution is 5.85. The smallest absolute Gasteiger partial charge is 0.0890 e. The number of fused-ring (bicyclic) bond motifs is 1. The van der Waals surface area contributed by atoms with Gasteiger partial charge in [-0.2, -0.15) is 0 Å². The largest absolute Gasteiger partial charge is 0.314 e. The van der Waals surface area contributed by atoms with E-state index < -0.39 is 0 Å². The molecule has 0 spiro atoms. The number of aryl methyl sites for hydroxylation is 1. The van der Waals surface area contributed by atoms with Crippen molar-refractivity contribution >= 4 is 23.4 Å². The summed E-state index contributed by atoms with van der Waals surface area (Å²) in [6.45, 7) is 5.79. The van der Waals surface area contributed by atoms with Crippen molar-refractivity contribution in [1.29, 1.82) is 0 Å². The van der Waals surface area contributed by atoms with Gasteiger partial charge in [-0.15, -0.1) is 12.4 Å². The lowest BCUT2D eigenvalue weighted by Crippen LogP contribution is -2.45. The topological polar surface area (TPSA) is 53.9 Å². The Hall–Kier alpha value is -2.08. The van der Waals surface area contributed by atoms with E-state index in [-0.39, 0.29) is 12.4 Å².